The zero-order valence-corrected chi connectivity index (χ0v) is 14.2. The molecule has 0 aliphatic rings. The highest BCUT2D eigenvalue weighted by molar-refractivity contribution is 5.75. The van der Waals surface area contributed by atoms with Gasteiger partial charge in [-0.3, -0.25) is 14.2 Å². The van der Waals surface area contributed by atoms with Crippen LogP contribution in [0, 0.1) is 13.8 Å². The van der Waals surface area contributed by atoms with Crippen LogP contribution in [0.15, 0.2) is 41.3 Å². The number of hydrogen-bond acceptors (Lipinski definition) is 4. The van der Waals surface area contributed by atoms with Gasteiger partial charge in [-0.15, -0.1) is 0 Å². The van der Waals surface area contributed by atoms with Crippen molar-refractivity contribution in [2.75, 3.05) is 14.2 Å². The fourth-order valence-electron chi connectivity index (χ4n) is 2.71. The average Bonchev–Trinajstić information content (AvgIpc) is 2.59. The first-order valence-electron chi connectivity index (χ1n) is 7.64. The molecule has 0 spiro atoms. The third kappa shape index (κ3) is 2.82. The van der Waals surface area contributed by atoms with Crippen LogP contribution in [-0.4, -0.2) is 23.8 Å². The lowest BCUT2D eigenvalue weighted by Gasteiger charge is -2.11. The second-order valence-corrected chi connectivity index (χ2v) is 5.62. The summed E-state index contributed by atoms with van der Waals surface area (Å²) in [5, 5.41) is 0.529. The monoisotopic (exact) mass is 326 g/mol. The Morgan fingerprint density at radius 2 is 1.88 bits per heavy atom. The van der Waals surface area contributed by atoms with Crippen molar-refractivity contribution in [3.8, 4) is 5.75 Å². The van der Waals surface area contributed by atoms with E-state index in [-0.39, 0.29) is 5.56 Å². The van der Waals surface area contributed by atoms with Crippen LogP contribution >= 0.6 is 0 Å². The average molecular weight is 326 g/mol. The van der Waals surface area contributed by atoms with Crippen LogP contribution in [-0.2, 0) is 6.54 Å². The van der Waals surface area contributed by atoms with Gasteiger partial charge in [-0.05, 0) is 24.6 Å². The summed E-state index contributed by atoms with van der Waals surface area (Å²) >= 11 is 0. The molecule has 6 nitrogen and oxygen atoms in total. The molecule has 24 heavy (non-hydrogen) atoms. The first-order valence-corrected chi connectivity index (χ1v) is 7.64. The molecule has 0 radical (unpaired) electrons. The maximum atomic E-state index is 12.9. The molecule has 0 atom stereocenters. The van der Waals surface area contributed by atoms with E-state index < -0.39 is 0 Å². The van der Waals surface area contributed by atoms with Gasteiger partial charge in [0.05, 0.1) is 19.2 Å². The molecule has 3 rings (SSSR count). The largest absolute Gasteiger partial charge is 0.497 e. The Balaban J connectivity index is 2.10. The summed E-state index contributed by atoms with van der Waals surface area (Å²) in [6, 6.07) is 9.50. The molecule has 6 heteroatoms. The van der Waals surface area contributed by atoms with Gasteiger partial charge >= 0.3 is 0 Å². The Morgan fingerprint density at radius 3 is 2.50 bits per heavy atom. The lowest BCUT2D eigenvalue weighted by atomic mass is 10.2. The third-order valence-corrected chi connectivity index (χ3v) is 4.06. The van der Waals surface area contributed by atoms with E-state index >= 15 is 0 Å². The smallest absolute Gasteiger partial charge is 0.267 e. The van der Waals surface area contributed by atoms with Crippen LogP contribution in [0.5, 0.6) is 5.75 Å². The van der Waals surface area contributed by atoms with Crippen LogP contribution < -0.4 is 19.9 Å². The lowest BCUT2D eigenvalue weighted by Crippen LogP contribution is -2.44. The van der Waals surface area contributed by atoms with Crippen LogP contribution in [0.25, 0.3) is 10.9 Å². The number of fused-ring (bicyclic) bond motifs is 1. The summed E-state index contributed by atoms with van der Waals surface area (Å²) in [7, 11) is 3.19. The van der Waals surface area contributed by atoms with Gasteiger partial charge in [0, 0.05) is 17.7 Å². The zero-order valence-electron chi connectivity index (χ0n) is 14.2. The van der Waals surface area contributed by atoms with Gasteiger partial charge in [0.15, 0.2) is 0 Å². The number of pyridine rings is 1. The Morgan fingerprint density at radius 1 is 1.17 bits per heavy atom. The molecule has 0 aliphatic carbocycles. The molecule has 124 valence electrons. The number of hydrogen-bond donors (Lipinski definition) is 0. The maximum Gasteiger partial charge on any atom is 0.267 e. The van der Waals surface area contributed by atoms with Crippen LogP contribution in [0.3, 0.4) is 0 Å². The van der Waals surface area contributed by atoms with Gasteiger partial charge in [-0.1, -0.05) is 12.1 Å². The van der Waals surface area contributed by atoms with Gasteiger partial charge < -0.3 is 4.74 Å². The van der Waals surface area contributed by atoms with E-state index in [2.05, 4.69) is 4.98 Å². The van der Waals surface area contributed by atoms with Crippen molar-refractivity contribution in [2.24, 2.45) is 0 Å². The number of rotatable bonds is 4. The zero-order chi connectivity index (χ0) is 17.3. The van der Waals surface area contributed by atoms with Crippen molar-refractivity contribution in [3.63, 3.8) is 0 Å². The van der Waals surface area contributed by atoms with Gasteiger partial charge in [0.2, 0.25) is 11.9 Å². The van der Waals surface area contributed by atoms with E-state index in [9.17, 15) is 4.79 Å². The Bertz CT molecular complexity index is 946. The minimum absolute atomic E-state index is 0.0841. The van der Waals surface area contributed by atoms with Crippen LogP contribution in [0.4, 0.5) is 0 Å². The van der Waals surface area contributed by atoms with Gasteiger partial charge in [-0.25, -0.2) is 4.98 Å². The van der Waals surface area contributed by atoms with E-state index in [4.69, 9.17) is 9.57 Å². The summed E-state index contributed by atoms with van der Waals surface area (Å²) in [4.78, 5) is 22.7. The van der Waals surface area contributed by atoms with Crippen molar-refractivity contribution < 1.29 is 14.3 Å². The summed E-state index contributed by atoms with van der Waals surface area (Å²) in [5.74, 6) is 1.47. The van der Waals surface area contributed by atoms with Crippen molar-refractivity contribution >= 4 is 10.9 Å². The lowest BCUT2D eigenvalue weighted by molar-refractivity contribution is -0.888. The molecule has 0 unspecified atom stereocenters. The molecular formula is C18H20N3O3+. The quantitative estimate of drug-likeness (QED) is 0.681. The second kappa shape index (κ2) is 6.31. The number of aromatic nitrogens is 3. The summed E-state index contributed by atoms with van der Waals surface area (Å²) < 4.78 is 8.40. The third-order valence-electron chi connectivity index (χ3n) is 4.06. The molecule has 0 saturated carbocycles. The first kappa shape index (κ1) is 16.0. The number of aryl methyl sites for hydroxylation is 2. The molecule has 0 amide bonds. The standard InChI is InChI=1S/C18H20N3O3/c1-12-9-17-16(11-21(12)24-4)18(22)20(13(2)19-17)10-14-5-7-15(23-3)8-6-14/h5-9,11H,10H2,1-4H3/q+1. The van der Waals surface area contributed by atoms with Gasteiger partial charge in [0.1, 0.15) is 24.1 Å². The van der Waals surface area contributed by atoms with E-state index in [0.29, 0.717) is 23.3 Å². The molecule has 0 fully saturated rings. The predicted molar refractivity (Wildman–Crippen MR) is 90.3 cm³/mol. The molecule has 0 N–H and O–H groups in total. The Kier molecular flexibility index (Phi) is 4.20. The molecule has 2 aromatic heterocycles. The van der Waals surface area contributed by atoms with Crippen molar-refractivity contribution in [1.82, 2.24) is 9.55 Å². The number of nitrogens with zero attached hydrogens (tertiary/aromatic N) is 3. The predicted octanol–water partition coefficient (Wildman–Crippen LogP) is 1.42. The van der Waals surface area contributed by atoms with Crippen LogP contribution in [0.1, 0.15) is 17.1 Å². The normalized spacial score (nSPS) is 10.8. The maximum absolute atomic E-state index is 12.9. The minimum Gasteiger partial charge on any atom is -0.497 e. The highest BCUT2D eigenvalue weighted by atomic mass is 16.6. The molecule has 0 aliphatic heterocycles. The fraction of sp³-hybridized carbons (Fsp3) is 0.278. The van der Waals surface area contributed by atoms with Crippen molar-refractivity contribution in [3.05, 3.63) is 64.0 Å². The molecule has 2 heterocycles. The first-order chi connectivity index (χ1) is 11.5. The van der Waals surface area contributed by atoms with Crippen molar-refractivity contribution in [2.45, 2.75) is 20.4 Å². The number of benzene rings is 1. The van der Waals surface area contributed by atoms with E-state index in [1.165, 1.54) is 0 Å². The molecule has 0 saturated heterocycles. The van der Waals surface area contributed by atoms with E-state index in [1.54, 1.807) is 29.7 Å². The molecule has 3 aromatic rings. The summed E-state index contributed by atoms with van der Waals surface area (Å²) in [5.41, 5.74) is 2.48. The minimum atomic E-state index is -0.0841. The molecular weight excluding hydrogens is 306 g/mol. The van der Waals surface area contributed by atoms with E-state index in [1.807, 2.05) is 44.2 Å². The SMILES string of the molecule is COc1ccc(Cn2c(C)nc3cc(C)[n+](OC)cc3c2=O)cc1. The number of methoxy groups -OCH3 is 1. The van der Waals surface area contributed by atoms with E-state index in [0.717, 1.165) is 17.0 Å². The second-order valence-electron chi connectivity index (χ2n) is 5.62. The molecule has 1 aromatic carbocycles. The number of ether oxygens (including phenoxy) is 1. The fourth-order valence-corrected chi connectivity index (χ4v) is 2.71. The van der Waals surface area contributed by atoms with Crippen molar-refractivity contribution in [1.29, 1.82) is 0 Å². The summed E-state index contributed by atoms with van der Waals surface area (Å²) in [6.45, 7) is 4.21. The van der Waals surface area contributed by atoms with Gasteiger partial charge in [0.25, 0.3) is 5.56 Å². The van der Waals surface area contributed by atoms with Gasteiger partial charge in [-0.2, -0.15) is 0 Å². The Labute approximate surface area is 139 Å². The highest BCUT2D eigenvalue weighted by Crippen LogP contribution is 2.13. The summed E-state index contributed by atoms with van der Waals surface area (Å²) in [6.07, 6.45) is 1.68. The topological polar surface area (TPSA) is 57.2 Å². The molecule has 0 bridgehead atoms. The highest BCUT2D eigenvalue weighted by Gasteiger charge is 2.16. The Hall–Kier alpha value is -2.89. The van der Waals surface area contributed by atoms with Crippen LogP contribution in [0.2, 0.25) is 0 Å².